The van der Waals surface area contributed by atoms with Crippen LogP contribution in [-0.2, 0) is 11.5 Å². The van der Waals surface area contributed by atoms with Gasteiger partial charge in [0.2, 0.25) is 11.7 Å². The number of aromatic nitrogens is 2. The summed E-state index contributed by atoms with van der Waals surface area (Å²) in [6, 6.07) is 9.40. The van der Waals surface area contributed by atoms with Gasteiger partial charge in [0.05, 0.1) is 17.7 Å². The van der Waals surface area contributed by atoms with Crippen LogP contribution in [0.5, 0.6) is 5.75 Å². The largest absolute Gasteiger partial charge is 0.496 e. The van der Waals surface area contributed by atoms with Crippen LogP contribution in [0.3, 0.4) is 0 Å². The molecule has 124 valence electrons. The van der Waals surface area contributed by atoms with Crippen LogP contribution in [0.1, 0.15) is 28.7 Å². The quantitative estimate of drug-likeness (QED) is 0.580. The van der Waals surface area contributed by atoms with Crippen molar-refractivity contribution in [2.45, 2.75) is 18.4 Å². The maximum absolute atomic E-state index is 11.5. The summed E-state index contributed by atoms with van der Waals surface area (Å²) < 4.78 is 10.6. The lowest BCUT2D eigenvalue weighted by Gasteiger charge is -2.09. The Kier molecular flexibility index (Phi) is 5.32. The molecule has 0 N–H and O–H groups in total. The van der Waals surface area contributed by atoms with Crippen LogP contribution in [0.2, 0.25) is 0 Å². The van der Waals surface area contributed by atoms with Crippen molar-refractivity contribution in [3.63, 3.8) is 0 Å². The number of Topliss-reactive ketones (excluding diaryl/α,β-unsaturated/α-hetero) is 1. The predicted molar refractivity (Wildman–Crippen MR) is 95.6 cm³/mol. The molecule has 0 aliphatic rings. The number of rotatable bonds is 7. The van der Waals surface area contributed by atoms with E-state index >= 15 is 0 Å². The molecule has 0 aliphatic carbocycles. The SMILES string of the molecule is COc1ccc(C(C)=O)cc1CSCc1nc(-c2cccs2)no1. The van der Waals surface area contributed by atoms with E-state index in [0.717, 1.165) is 16.2 Å². The number of ketones is 1. The average molecular weight is 360 g/mol. The van der Waals surface area contributed by atoms with Gasteiger partial charge in [-0.25, -0.2) is 0 Å². The minimum atomic E-state index is 0.0430. The molecule has 2 aromatic heterocycles. The van der Waals surface area contributed by atoms with E-state index in [9.17, 15) is 4.79 Å². The van der Waals surface area contributed by atoms with E-state index in [4.69, 9.17) is 9.26 Å². The number of hydrogen-bond donors (Lipinski definition) is 0. The molecule has 24 heavy (non-hydrogen) atoms. The van der Waals surface area contributed by atoms with E-state index in [0.29, 0.717) is 28.8 Å². The first-order chi connectivity index (χ1) is 11.7. The van der Waals surface area contributed by atoms with Gasteiger partial charge in [-0.1, -0.05) is 11.2 Å². The van der Waals surface area contributed by atoms with Crippen molar-refractivity contribution in [3.05, 3.63) is 52.7 Å². The number of carbonyl (C=O) groups is 1. The molecule has 3 rings (SSSR count). The lowest BCUT2D eigenvalue weighted by molar-refractivity contribution is 0.101. The van der Waals surface area contributed by atoms with Crippen molar-refractivity contribution >= 4 is 28.9 Å². The molecule has 7 heteroatoms. The molecule has 0 saturated heterocycles. The number of carbonyl (C=O) groups excluding carboxylic acids is 1. The number of nitrogens with zero attached hydrogens (tertiary/aromatic N) is 2. The lowest BCUT2D eigenvalue weighted by atomic mass is 10.1. The molecular weight excluding hydrogens is 344 g/mol. The molecule has 0 saturated carbocycles. The Bertz CT molecular complexity index is 828. The fraction of sp³-hybridized carbons (Fsp3) is 0.235. The van der Waals surface area contributed by atoms with Crippen molar-refractivity contribution in [2.24, 2.45) is 0 Å². The van der Waals surface area contributed by atoms with Gasteiger partial charge < -0.3 is 9.26 Å². The standard InChI is InChI=1S/C17H16N2O3S2/c1-11(20)12-5-6-14(21-2)13(8-12)9-23-10-16-18-17(19-22-16)15-4-3-7-24-15/h3-8H,9-10H2,1-2H3. The fourth-order valence-electron chi connectivity index (χ4n) is 2.18. The summed E-state index contributed by atoms with van der Waals surface area (Å²) in [4.78, 5) is 16.9. The number of methoxy groups -OCH3 is 1. The van der Waals surface area contributed by atoms with E-state index < -0.39 is 0 Å². The molecule has 2 heterocycles. The Balaban J connectivity index is 1.64. The van der Waals surface area contributed by atoms with Gasteiger partial charge in [-0.15, -0.1) is 23.1 Å². The number of thiophene rings is 1. The van der Waals surface area contributed by atoms with Crippen LogP contribution in [0.15, 0.2) is 40.2 Å². The van der Waals surface area contributed by atoms with E-state index in [1.807, 2.05) is 29.6 Å². The van der Waals surface area contributed by atoms with Crippen LogP contribution in [0.25, 0.3) is 10.7 Å². The van der Waals surface area contributed by atoms with Gasteiger partial charge in [0.15, 0.2) is 5.78 Å². The summed E-state index contributed by atoms with van der Waals surface area (Å²) in [5.41, 5.74) is 1.66. The Morgan fingerprint density at radius 1 is 1.33 bits per heavy atom. The Morgan fingerprint density at radius 3 is 2.92 bits per heavy atom. The van der Waals surface area contributed by atoms with Crippen molar-refractivity contribution < 1.29 is 14.1 Å². The summed E-state index contributed by atoms with van der Waals surface area (Å²) in [5, 5.41) is 5.98. The van der Waals surface area contributed by atoms with E-state index in [-0.39, 0.29) is 5.78 Å². The number of thioether (sulfide) groups is 1. The molecule has 0 fully saturated rings. The fourth-order valence-corrected chi connectivity index (χ4v) is 3.67. The van der Waals surface area contributed by atoms with Gasteiger partial charge in [-0.2, -0.15) is 4.98 Å². The first-order valence-corrected chi connectivity index (χ1v) is 9.33. The van der Waals surface area contributed by atoms with Gasteiger partial charge in [0.1, 0.15) is 5.75 Å². The van der Waals surface area contributed by atoms with E-state index in [1.165, 1.54) is 0 Å². The predicted octanol–water partition coefficient (Wildman–Crippen LogP) is 4.44. The Morgan fingerprint density at radius 2 is 2.21 bits per heavy atom. The van der Waals surface area contributed by atoms with Crippen LogP contribution < -0.4 is 4.74 Å². The lowest BCUT2D eigenvalue weighted by Crippen LogP contribution is -1.97. The molecule has 0 spiro atoms. The Labute approximate surface area is 148 Å². The molecule has 3 aromatic rings. The smallest absolute Gasteiger partial charge is 0.236 e. The van der Waals surface area contributed by atoms with Gasteiger partial charge in [-0.05, 0) is 36.6 Å². The van der Waals surface area contributed by atoms with Crippen molar-refractivity contribution in [1.29, 1.82) is 0 Å². The Hall–Kier alpha value is -2.12. The van der Waals surface area contributed by atoms with Gasteiger partial charge in [-0.3, -0.25) is 4.79 Å². The zero-order chi connectivity index (χ0) is 16.9. The molecule has 0 aliphatic heterocycles. The van der Waals surface area contributed by atoms with E-state index in [1.54, 1.807) is 43.2 Å². The summed E-state index contributed by atoms with van der Waals surface area (Å²) in [7, 11) is 1.63. The van der Waals surface area contributed by atoms with E-state index in [2.05, 4.69) is 10.1 Å². The van der Waals surface area contributed by atoms with Crippen LogP contribution in [-0.4, -0.2) is 23.0 Å². The molecule has 0 atom stereocenters. The third-order valence-electron chi connectivity index (χ3n) is 3.38. The molecule has 0 unspecified atom stereocenters. The molecule has 0 radical (unpaired) electrons. The molecule has 0 amide bonds. The summed E-state index contributed by atoms with van der Waals surface area (Å²) >= 11 is 3.21. The maximum Gasteiger partial charge on any atom is 0.236 e. The highest BCUT2D eigenvalue weighted by atomic mass is 32.2. The third-order valence-corrected chi connectivity index (χ3v) is 5.21. The number of hydrogen-bond acceptors (Lipinski definition) is 7. The normalized spacial score (nSPS) is 10.8. The monoisotopic (exact) mass is 360 g/mol. The molecular formula is C17H16N2O3S2. The molecule has 5 nitrogen and oxygen atoms in total. The highest BCUT2D eigenvalue weighted by Gasteiger charge is 2.11. The van der Waals surface area contributed by atoms with Crippen molar-refractivity contribution in [2.75, 3.05) is 7.11 Å². The number of ether oxygens (including phenoxy) is 1. The van der Waals surface area contributed by atoms with Crippen LogP contribution in [0.4, 0.5) is 0 Å². The minimum Gasteiger partial charge on any atom is -0.496 e. The zero-order valence-corrected chi connectivity index (χ0v) is 14.9. The second-order valence-corrected chi connectivity index (χ2v) is 7.00. The zero-order valence-electron chi connectivity index (χ0n) is 13.3. The average Bonchev–Trinajstić information content (AvgIpc) is 3.26. The second-order valence-electron chi connectivity index (χ2n) is 5.06. The van der Waals surface area contributed by atoms with Crippen LogP contribution >= 0.6 is 23.1 Å². The van der Waals surface area contributed by atoms with Gasteiger partial charge in [0, 0.05) is 16.9 Å². The highest BCUT2D eigenvalue weighted by Crippen LogP contribution is 2.27. The number of benzene rings is 1. The molecule has 0 bridgehead atoms. The second kappa shape index (κ2) is 7.63. The first-order valence-electron chi connectivity index (χ1n) is 7.29. The van der Waals surface area contributed by atoms with Gasteiger partial charge in [0.25, 0.3) is 0 Å². The minimum absolute atomic E-state index is 0.0430. The summed E-state index contributed by atoms with van der Waals surface area (Å²) in [5.74, 6) is 3.33. The van der Waals surface area contributed by atoms with Crippen LogP contribution in [0, 0.1) is 0 Å². The summed E-state index contributed by atoms with van der Waals surface area (Å²) in [6.45, 7) is 1.56. The van der Waals surface area contributed by atoms with Crippen molar-refractivity contribution in [3.8, 4) is 16.5 Å². The van der Waals surface area contributed by atoms with Gasteiger partial charge >= 0.3 is 0 Å². The third kappa shape index (κ3) is 3.85. The first kappa shape index (κ1) is 16.7. The highest BCUT2D eigenvalue weighted by molar-refractivity contribution is 7.97. The maximum atomic E-state index is 11.5. The molecule has 1 aromatic carbocycles. The van der Waals surface area contributed by atoms with Crippen molar-refractivity contribution in [1.82, 2.24) is 10.1 Å². The summed E-state index contributed by atoms with van der Waals surface area (Å²) in [6.07, 6.45) is 0. The topological polar surface area (TPSA) is 65.2 Å².